The highest BCUT2D eigenvalue weighted by molar-refractivity contribution is 6.31. The first-order valence-electron chi connectivity index (χ1n) is 9.81. The lowest BCUT2D eigenvalue weighted by Gasteiger charge is -2.13. The summed E-state index contributed by atoms with van der Waals surface area (Å²) in [5, 5.41) is 10.7. The summed E-state index contributed by atoms with van der Waals surface area (Å²) in [6.45, 7) is -0.0411. The van der Waals surface area contributed by atoms with Crippen molar-refractivity contribution in [2.45, 2.75) is 13.2 Å². The van der Waals surface area contributed by atoms with E-state index in [2.05, 4.69) is 10.3 Å². The number of carbonyl (C=O) groups is 2. The average Bonchev–Trinajstić information content (AvgIpc) is 2.80. The molecule has 34 heavy (non-hydrogen) atoms. The maximum Gasteiger partial charge on any atom is 0.255 e. The zero-order valence-electron chi connectivity index (χ0n) is 17.9. The van der Waals surface area contributed by atoms with Gasteiger partial charge in [-0.25, -0.2) is 0 Å². The summed E-state index contributed by atoms with van der Waals surface area (Å²) < 4.78 is 11.1. The number of rotatable bonds is 10. The van der Waals surface area contributed by atoms with E-state index >= 15 is 0 Å². The van der Waals surface area contributed by atoms with Crippen molar-refractivity contribution in [3.8, 4) is 11.5 Å². The molecule has 0 spiro atoms. The lowest BCUT2D eigenvalue weighted by molar-refractivity contribution is -0.119. The van der Waals surface area contributed by atoms with Gasteiger partial charge in [0.1, 0.15) is 23.9 Å². The van der Waals surface area contributed by atoms with E-state index in [1.807, 2.05) is 18.2 Å². The number of nitrogen functional groups attached to an aromatic ring is 1. The highest BCUT2D eigenvalue weighted by atomic mass is 35.5. The molecule has 0 aliphatic heterocycles. The number of amides is 2. The molecule has 1 aromatic heterocycles. The predicted molar refractivity (Wildman–Crippen MR) is 131 cm³/mol. The number of aromatic nitrogens is 1. The maximum atomic E-state index is 12.7. The lowest BCUT2D eigenvalue weighted by atomic mass is 10.1. The number of amidine groups is 1. The second kappa shape index (κ2) is 12.4. The Balaban J connectivity index is 0.00000408. The second-order valence-electron chi connectivity index (χ2n) is 6.96. The lowest BCUT2D eigenvalue weighted by Crippen LogP contribution is -2.24. The zero-order chi connectivity index (χ0) is 23.8. The van der Waals surface area contributed by atoms with Crippen molar-refractivity contribution in [2.75, 3.05) is 6.61 Å². The summed E-state index contributed by atoms with van der Waals surface area (Å²) in [6, 6.07) is 15.0. The van der Waals surface area contributed by atoms with E-state index in [4.69, 9.17) is 38.0 Å². The Morgan fingerprint density at radius 1 is 1.03 bits per heavy atom. The highest BCUT2D eigenvalue weighted by Gasteiger charge is 2.13. The zero-order valence-corrected chi connectivity index (χ0v) is 19.5. The fraction of sp³-hybridized carbons (Fsp3) is 0.130. The monoisotopic (exact) mass is 503 g/mol. The average molecular weight is 504 g/mol. The summed E-state index contributed by atoms with van der Waals surface area (Å²) >= 11 is 6.16. The third kappa shape index (κ3) is 7.65. The molecule has 2 amide bonds. The van der Waals surface area contributed by atoms with Gasteiger partial charge in [-0.15, -0.1) is 12.4 Å². The third-order valence-electron chi connectivity index (χ3n) is 4.43. The SMILES string of the molecule is Cl.N=C(N)c1ccc(CNC(=O)c2cc(Cl)cc(OCc3ccccn3)c2)c(OCC(N)=O)c1. The molecule has 0 saturated heterocycles. The summed E-state index contributed by atoms with van der Waals surface area (Å²) in [5.74, 6) is -0.499. The van der Waals surface area contributed by atoms with Crippen LogP contribution in [-0.4, -0.2) is 29.2 Å². The molecule has 0 aliphatic rings. The molecule has 0 atom stereocenters. The normalized spacial score (nSPS) is 10.0. The first kappa shape index (κ1) is 26.4. The number of pyridine rings is 1. The molecule has 0 aliphatic carbocycles. The minimum absolute atomic E-state index is 0. The predicted octanol–water partition coefficient (Wildman–Crippen LogP) is 2.81. The molecule has 0 fully saturated rings. The maximum absolute atomic E-state index is 12.7. The molecule has 11 heteroatoms. The van der Waals surface area contributed by atoms with Crippen LogP contribution in [0.1, 0.15) is 27.2 Å². The van der Waals surface area contributed by atoms with Crippen molar-refractivity contribution in [3.63, 3.8) is 0 Å². The van der Waals surface area contributed by atoms with E-state index in [1.54, 1.807) is 30.5 Å². The Bertz CT molecular complexity index is 1180. The first-order valence-corrected chi connectivity index (χ1v) is 10.2. The van der Waals surface area contributed by atoms with Gasteiger partial charge in [0.15, 0.2) is 6.61 Å². The third-order valence-corrected chi connectivity index (χ3v) is 4.65. The van der Waals surface area contributed by atoms with Gasteiger partial charge in [-0.05, 0) is 36.4 Å². The molecule has 3 aromatic rings. The molecule has 0 radical (unpaired) electrons. The molecule has 6 N–H and O–H groups in total. The number of benzene rings is 2. The minimum atomic E-state index is -0.657. The fourth-order valence-electron chi connectivity index (χ4n) is 2.85. The number of hydrogen-bond acceptors (Lipinski definition) is 6. The standard InChI is InChI=1S/C23H22ClN5O4.ClH/c24-17-7-16(8-19(10-17)32-12-18-3-1-2-6-28-18)23(31)29-11-15-5-4-14(22(26)27)9-20(15)33-13-21(25)30;/h1-10H,11-13H2,(H2,25,30)(H3,26,27)(H,29,31);1H. The number of halogens is 2. The van der Waals surface area contributed by atoms with Crippen molar-refractivity contribution < 1.29 is 19.1 Å². The van der Waals surface area contributed by atoms with Gasteiger partial charge in [0.2, 0.25) is 0 Å². The Labute approximate surface area is 207 Å². The van der Waals surface area contributed by atoms with E-state index in [0.717, 1.165) is 5.69 Å². The van der Waals surface area contributed by atoms with Gasteiger partial charge < -0.3 is 26.3 Å². The topological polar surface area (TPSA) is 153 Å². The number of carbonyl (C=O) groups excluding carboxylic acids is 2. The molecule has 9 nitrogen and oxygen atoms in total. The number of nitrogens with zero attached hydrogens (tertiary/aromatic N) is 1. The summed E-state index contributed by atoms with van der Waals surface area (Å²) in [4.78, 5) is 28.0. The van der Waals surface area contributed by atoms with Crippen LogP contribution in [0.25, 0.3) is 0 Å². The van der Waals surface area contributed by atoms with E-state index in [-0.39, 0.29) is 43.8 Å². The van der Waals surface area contributed by atoms with Crippen LogP contribution in [0.4, 0.5) is 0 Å². The van der Waals surface area contributed by atoms with Crippen LogP contribution in [0.15, 0.2) is 60.8 Å². The van der Waals surface area contributed by atoms with Crippen molar-refractivity contribution in [1.82, 2.24) is 10.3 Å². The number of nitrogens with two attached hydrogens (primary N) is 2. The Morgan fingerprint density at radius 2 is 1.82 bits per heavy atom. The van der Waals surface area contributed by atoms with Crippen LogP contribution in [-0.2, 0) is 17.9 Å². The molecular formula is C23H23Cl2N5O4. The van der Waals surface area contributed by atoms with Gasteiger partial charge in [0, 0.05) is 34.5 Å². The molecule has 3 rings (SSSR count). The fourth-order valence-corrected chi connectivity index (χ4v) is 3.07. The van der Waals surface area contributed by atoms with E-state index in [0.29, 0.717) is 27.5 Å². The molecular weight excluding hydrogens is 481 g/mol. The van der Waals surface area contributed by atoms with Crippen LogP contribution < -0.4 is 26.3 Å². The smallest absolute Gasteiger partial charge is 0.255 e. The molecule has 0 saturated carbocycles. The van der Waals surface area contributed by atoms with Gasteiger partial charge in [-0.1, -0.05) is 29.8 Å². The van der Waals surface area contributed by atoms with Crippen molar-refractivity contribution in [1.29, 1.82) is 5.41 Å². The molecule has 178 valence electrons. The number of nitrogens with one attached hydrogen (secondary N) is 2. The first-order chi connectivity index (χ1) is 15.8. The Kier molecular flexibility index (Phi) is 9.66. The van der Waals surface area contributed by atoms with Crippen molar-refractivity contribution in [2.24, 2.45) is 11.5 Å². The van der Waals surface area contributed by atoms with Gasteiger partial charge in [-0.2, -0.15) is 0 Å². The summed E-state index contributed by atoms with van der Waals surface area (Å²) in [7, 11) is 0. The van der Waals surface area contributed by atoms with Crippen molar-refractivity contribution in [3.05, 3.63) is 88.2 Å². The van der Waals surface area contributed by atoms with Crippen LogP contribution in [0.3, 0.4) is 0 Å². The molecule has 0 unspecified atom stereocenters. The van der Waals surface area contributed by atoms with E-state index in [1.165, 1.54) is 12.1 Å². The number of ether oxygens (including phenoxy) is 2. The summed E-state index contributed by atoms with van der Waals surface area (Å²) in [6.07, 6.45) is 1.67. The Hall–Kier alpha value is -3.82. The van der Waals surface area contributed by atoms with Crippen LogP contribution in [0.2, 0.25) is 5.02 Å². The van der Waals surface area contributed by atoms with E-state index < -0.39 is 11.8 Å². The van der Waals surface area contributed by atoms with Gasteiger partial charge in [0.25, 0.3) is 11.8 Å². The van der Waals surface area contributed by atoms with Gasteiger partial charge in [0.05, 0.1) is 5.69 Å². The minimum Gasteiger partial charge on any atom is -0.487 e. The summed E-state index contributed by atoms with van der Waals surface area (Å²) in [5.41, 5.74) is 12.7. The van der Waals surface area contributed by atoms with Crippen molar-refractivity contribution >= 4 is 41.7 Å². The highest BCUT2D eigenvalue weighted by Crippen LogP contribution is 2.23. The largest absolute Gasteiger partial charge is 0.487 e. The van der Waals surface area contributed by atoms with E-state index in [9.17, 15) is 9.59 Å². The molecule has 0 bridgehead atoms. The van der Waals surface area contributed by atoms with Crippen LogP contribution in [0.5, 0.6) is 11.5 Å². The second-order valence-corrected chi connectivity index (χ2v) is 7.40. The van der Waals surface area contributed by atoms with Gasteiger partial charge in [-0.3, -0.25) is 20.0 Å². The molecule has 2 aromatic carbocycles. The molecule has 1 heterocycles. The van der Waals surface area contributed by atoms with Crippen LogP contribution in [0, 0.1) is 5.41 Å². The van der Waals surface area contributed by atoms with Gasteiger partial charge >= 0.3 is 0 Å². The number of hydrogen-bond donors (Lipinski definition) is 4. The Morgan fingerprint density at radius 3 is 2.50 bits per heavy atom. The van der Waals surface area contributed by atoms with Crippen LogP contribution >= 0.6 is 24.0 Å². The quantitative estimate of drug-likeness (QED) is 0.246. The number of primary amides is 1.